The molecule has 0 radical (unpaired) electrons. The van der Waals surface area contributed by atoms with E-state index in [1.807, 2.05) is 0 Å². The number of carbonyl (C=O) groups is 3. The summed E-state index contributed by atoms with van der Waals surface area (Å²) < 4.78 is 11.6. The summed E-state index contributed by atoms with van der Waals surface area (Å²) >= 11 is 12.8. The van der Waals surface area contributed by atoms with Crippen molar-refractivity contribution < 1.29 is 23.9 Å². The molecule has 2 aromatic rings. The number of halogens is 3. The van der Waals surface area contributed by atoms with Crippen molar-refractivity contribution in [2.45, 2.75) is 18.9 Å². The van der Waals surface area contributed by atoms with Crippen LogP contribution in [0, 0.1) is 0 Å². The predicted molar refractivity (Wildman–Crippen MR) is 109 cm³/mol. The maximum Gasteiger partial charge on any atom is 0.345 e. The van der Waals surface area contributed by atoms with Gasteiger partial charge in [0.1, 0.15) is 11.8 Å². The average Bonchev–Trinajstić information content (AvgIpc) is 3.02. The van der Waals surface area contributed by atoms with Gasteiger partial charge in [-0.25, -0.2) is 9.59 Å². The largest absolute Gasteiger partial charge is 0.464 e. The molecule has 28 heavy (non-hydrogen) atoms. The fourth-order valence-electron chi connectivity index (χ4n) is 2.68. The van der Waals surface area contributed by atoms with Gasteiger partial charge in [0.05, 0.1) is 28.1 Å². The molecule has 146 valence electrons. The Kier molecular flexibility index (Phi) is 6.74. The normalized spacial score (nSPS) is 15.8. The molecule has 1 fully saturated rings. The van der Waals surface area contributed by atoms with Gasteiger partial charge in [0.2, 0.25) is 5.91 Å². The summed E-state index contributed by atoms with van der Waals surface area (Å²) in [5.41, 5.74) is 0.675. The molecule has 9 heteroatoms. The maximum absolute atomic E-state index is 12.5. The average molecular weight is 532 g/mol. The molecule has 1 heterocycles. The molecule has 1 atom stereocenters. The monoisotopic (exact) mass is 529 g/mol. The van der Waals surface area contributed by atoms with Crippen molar-refractivity contribution in [1.29, 1.82) is 0 Å². The highest BCUT2D eigenvalue weighted by molar-refractivity contribution is 9.11. The highest BCUT2D eigenvalue weighted by Crippen LogP contribution is 2.34. The lowest BCUT2D eigenvalue weighted by atomic mass is 10.1. The standard InChI is InChI=1S/C19H14Br2ClNO5/c20-11-7-10(8-16(24)23-15-5-6-27-19(15)26)17(13(21)9-11)28-18(25)12-3-1-2-4-14(12)22/h1-4,7,9,15H,5-6,8H2,(H,23,24)/t15-/m0/s1. The third-order valence-electron chi connectivity index (χ3n) is 4.00. The molecule has 6 nitrogen and oxygen atoms in total. The molecular weight excluding hydrogens is 517 g/mol. The van der Waals surface area contributed by atoms with Crippen LogP contribution in [0.5, 0.6) is 5.75 Å². The number of hydrogen-bond donors (Lipinski definition) is 1. The minimum Gasteiger partial charge on any atom is -0.464 e. The first-order valence-electron chi connectivity index (χ1n) is 8.26. The number of ether oxygens (including phenoxy) is 2. The quantitative estimate of drug-likeness (QED) is 0.465. The van der Waals surface area contributed by atoms with Crippen LogP contribution in [0.2, 0.25) is 5.02 Å². The highest BCUT2D eigenvalue weighted by Gasteiger charge is 2.28. The van der Waals surface area contributed by atoms with Crippen LogP contribution in [0.25, 0.3) is 0 Å². The van der Waals surface area contributed by atoms with E-state index in [2.05, 4.69) is 37.2 Å². The lowest BCUT2D eigenvalue weighted by Gasteiger charge is -2.14. The van der Waals surface area contributed by atoms with Crippen molar-refractivity contribution in [2.75, 3.05) is 6.61 Å². The number of carbonyl (C=O) groups excluding carboxylic acids is 3. The zero-order valence-corrected chi connectivity index (χ0v) is 18.3. The molecule has 0 bridgehead atoms. The topological polar surface area (TPSA) is 81.7 Å². The summed E-state index contributed by atoms with van der Waals surface area (Å²) in [6, 6.07) is 9.24. The van der Waals surface area contributed by atoms with E-state index >= 15 is 0 Å². The molecule has 1 amide bonds. The smallest absolute Gasteiger partial charge is 0.345 e. The highest BCUT2D eigenvalue weighted by atomic mass is 79.9. The summed E-state index contributed by atoms with van der Waals surface area (Å²) in [4.78, 5) is 36.5. The second-order valence-corrected chi connectivity index (χ2v) is 8.18. The van der Waals surface area contributed by atoms with Gasteiger partial charge >= 0.3 is 11.9 Å². The first-order valence-corrected chi connectivity index (χ1v) is 10.2. The summed E-state index contributed by atoms with van der Waals surface area (Å²) in [6.45, 7) is 0.285. The van der Waals surface area contributed by atoms with E-state index in [0.29, 0.717) is 20.9 Å². The molecule has 3 rings (SSSR count). The SMILES string of the molecule is O=C(Cc1cc(Br)cc(Br)c1OC(=O)c1ccccc1Cl)N[C@H]1CCOC1=O. The zero-order chi connectivity index (χ0) is 20.3. The minimum absolute atomic E-state index is 0.0903. The van der Waals surface area contributed by atoms with Gasteiger partial charge in [0.25, 0.3) is 0 Å². The Hall–Kier alpha value is -1.90. The second-order valence-electron chi connectivity index (χ2n) is 6.00. The fourth-order valence-corrected chi connectivity index (χ4v) is 4.29. The van der Waals surface area contributed by atoms with Gasteiger partial charge in [0.15, 0.2) is 0 Å². The van der Waals surface area contributed by atoms with Gasteiger partial charge in [-0.05, 0) is 40.2 Å². The Morgan fingerprint density at radius 2 is 2.00 bits per heavy atom. The minimum atomic E-state index is -0.655. The van der Waals surface area contributed by atoms with Gasteiger partial charge in [0, 0.05) is 16.5 Å². The van der Waals surface area contributed by atoms with Crippen molar-refractivity contribution in [2.24, 2.45) is 0 Å². The van der Waals surface area contributed by atoms with Crippen molar-refractivity contribution in [3.05, 3.63) is 61.5 Å². The van der Waals surface area contributed by atoms with Gasteiger partial charge < -0.3 is 14.8 Å². The van der Waals surface area contributed by atoms with E-state index < -0.39 is 18.0 Å². The van der Waals surface area contributed by atoms with Crippen LogP contribution in [0.3, 0.4) is 0 Å². The predicted octanol–water partition coefficient (Wildman–Crippen LogP) is 4.06. The van der Waals surface area contributed by atoms with E-state index in [-0.39, 0.29) is 35.3 Å². The summed E-state index contributed by atoms with van der Waals surface area (Å²) in [5.74, 6) is -1.27. The third-order valence-corrected chi connectivity index (χ3v) is 5.37. The van der Waals surface area contributed by atoms with Crippen molar-refractivity contribution in [1.82, 2.24) is 5.32 Å². The Labute approximate surface area is 182 Å². The molecule has 0 spiro atoms. The lowest BCUT2D eigenvalue weighted by molar-refractivity contribution is -0.141. The third kappa shape index (κ3) is 4.92. The molecule has 0 aromatic heterocycles. The molecule has 0 aliphatic carbocycles. The molecular formula is C19H14Br2ClNO5. The van der Waals surface area contributed by atoms with Crippen LogP contribution >= 0.6 is 43.5 Å². The fraction of sp³-hybridized carbons (Fsp3) is 0.211. The number of nitrogens with one attached hydrogen (secondary N) is 1. The number of benzene rings is 2. The van der Waals surface area contributed by atoms with Crippen molar-refractivity contribution in [3.8, 4) is 5.75 Å². The molecule has 0 saturated carbocycles. The molecule has 1 saturated heterocycles. The Balaban J connectivity index is 1.81. The maximum atomic E-state index is 12.5. The van der Waals surface area contributed by atoms with E-state index in [0.717, 1.165) is 0 Å². The van der Waals surface area contributed by atoms with Crippen LogP contribution in [0.1, 0.15) is 22.3 Å². The Bertz CT molecular complexity index is 950. The first kappa shape index (κ1) is 20.8. The first-order chi connectivity index (χ1) is 13.3. The molecule has 1 aliphatic heterocycles. The van der Waals surface area contributed by atoms with Crippen LogP contribution in [0.4, 0.5) is 0 Å². The van der Waals surface area contributed by atoms with Gasteiger partial charge in [-0.15, -0.1) is 0 Å². The number of amides is 1. The molecule has 2 aromatic carbocycles. The van der Waals surface area contributed by atoms with Crippen LogP contribution in [-0.2, 0) is 20.7 Å². The van der Waals surface area contributed by atoms with Crippen LogP contribution in [0.15, 0.2) is 45.3 Å². The zero-order valence-electron chi connectivity index (χ0n) is 14.3. The van der Waals surface area contributed by atoms with Crippen molar-refractivity contribution >= 4 is 61.3 Å². The Morgan fingerprint density at radius 3 is 2.68 bits per heavy atom. The molecule has 1 aliphatic rings. The van der Waals surface area contributed by atoms with E-state index in [1.54, 1.807) is 36.4 Å². The van der Waals surface area contributed by atoms with E-state index in [9.17, 15) is 14.4 Å². The summed E-state index contributed by atoms with van der Waals surface area (Å²) in [7, 11) is 0. The van der Waals surface area contributed by atoms with Crippen LogP contribution < -0.4 is 10.1 Å². The number of hydrogen-bond acceptors (Lipinski definition) is 5. The molecule has 1 N–H and O–H groups in total. The second kappa shape index (κ2) is 9.07. The summed E-state index contributed by atoms with van der Waals surface area (Å²) in [6.07, 6.45) is 0.341. The number of cyclic esters (lactones) is 1. The van der Waals surface area contributed by atoms with Crippen molar-refractivity contribution in [3.63, 3.8) is 0 Å². The van der Waals surface area contributed by atoms with Gasteiger partial charge in [-0.3, -0.25) is 4.79 Å². The van der Waals surface area contributed by atoms with Gasteiger partial charge in [-0.2, -0.15) is 0 Å². The van der Waals surface area contributed by atoms with E-state index in [4.69, 9.17) is 21.1 Å². The lowest BCUT2D eigenvalue weighted by Crippen LogP contribution is -2.38. The van der Waals surface area contributed by atoms with Crippen LogP contribution in [-0.4, -0.2) is 30.5 Å². The summed E-state index contributed by atoms with van der Waals surface area (Å²) in [5, 5.41) is 2.90. The number of esters is 2. The molecule has 0 unspecified atom stereocenters. The van der Waals surface area contributed by atoms with E-state index in [1.165, 1.54) is 0 Å². The Morgan fingerprint density at radius 1 is 1.25 bits per heavy atom. The number of rotatable bonds is 5. The van der Waals surface area contributed by atoms with Gasteiger partial charge in [-0.1, -0.05) is 39.7 Å².